The summed E-state index contributed by atoms with van der Waals surface area (Å²) in [6.45, 7) is 7.22. The number of ether oxygens (including phenoxy) is 3. The van der Waals surface area contributed by atoms with E-state index in [1.165, 1.54) is 14.0 Å². The van der Waals surface area contributed by atoms with Gasteiger partial charge >= 0.3 is 11.9 Å². The number of carbonyl (C=O) groups excluding carboxylic acids is 2. The Labute approximate surface area is 186 Å². The Kier molecular flexibility index (Phi) is 9.58. The first-order chi connectivity index (χ1) is 14.7. The van der Waals surface area contributed by atoms with Crippen LogP contribution in [0.3, 0.4) is 0 Å². The second-order valence-electron chi connectivity index (χ2n) is 9.40. The van der Waals surface area contributed by atoms with E-state index in [0.29, 0.717) is 19.3 Å². The highest BCUT2D eigenvalue weighted by atomic mass is 16.6. The molecule has 1 aliphatic heterocycles. The number of esters is 2. The zero-order valence-electron chi connectivity index (χ0n) is 19.6. The molecule has 0 aromatic rings. The maximum Gasteiger partial charge on any atom is 0.305 e. The first-order valence-corrected chi connectivity index (χ1v) is 11.3. The molecule has 1 saturated carbocycles. The number of hydrogen-bond donors (Lipinski definition) is 1. The molecule has 1 aliphatic carbocycles. The summed E-state index contributed by atoms with van der Waals surface area (Å²) < 4.78 is 16.5. The summed E-state index contributed by atoms with van der Waals surface area (Å²) in [5, 5.41) is 10.7. The van der Waals surface area contributed by atoms with E-state index in [1.807, 2.05) is 26.0 Å². The van der Waals surface area contributed by atoms with E-state index in [9.17, 15) is 14.7 Å². The van der Waals surface area contributed by atoms with E-state index < -0.39 is 6.10 Å². The smallest absolute Gasteiger partial charge is 0.305 e. The Morgan fingerprint density at radius 2 is 2.03 bits per heavy atom. The fourth-order valence-corrected chi connectivity index (χ4v) is 4.61. The lowest BCUT2D eigenvalue weighted by Gasteiger charge is -2.27. The number of aliphatic hydroxyl groups excluding tert-OH is 1. The van der Waals surface area contributed by atoms with Gasteiger partial charge in [0.2, 0.25) is 0 Å². The van der Waals surface area contributed by atoms with Crippen LogP contribution in [0.2, 0.25) is 0 Å². The molecule has 1 N–H and O–H groups in total. The van der Waals surface area contributed by atoms with Crippen LogP contribution in [0.25, 0.3) is 0 Å². The Morgan fingerprint density at radius 3 is 2.68 bits per heavy atom. The minimum Gasteiger partial charge on any atom is -0.469 e. The minimum atomic E-state index is -0.637. The van der Waals surface area contributed by atoms with Crippen LogP contribution in [0.4, 0.5) is 0 Å². The number of unbranched alkanes of at least 4 members (excludes halogenated alkanes) is 1. The van der Waals surface area contributed by atoms with Crippen molar-refractivity contribution in [1.29, 1.82) is 0 Å². The Hall–Kier alpha value is -1.84. The van der Waals surface area contributed by atoms with Gasteiger partial charge in [-0.2, -0.15) is 0 Å². The third-order valence-electron chi connectivity index (χ3n) is 6.51. The van der Waals surface area contributed by atoms with Crippen molar-refractivity contribution >= 4 is 11.9 Å². The summed E-state index contributed by atoms with van der Waals surface area (Å²) in [5.41, 5.74) is -0.358. The number of rotatable bonds is 10. The molecule has 2 fully saturated rings. The predicted molar refractivity (Wildman–Crippen MR) is 118 cm³/mol. The zero-order valence-corrected chi connectivity index (χ0v) is 19.6. The minimum absolute atomic E-state index is 0.0247. The molecule has 0 bridgehead atoms. The number of hydrogen-bond acceptors (Lipinski definition) is 6. The summed E-state index contributed by atoms with van der Waals surface area (Å²) in [6, 6.07) is 0. The topological polar surface area (TPSA) is 82.1 Å². The molecule has 0 amide bonds. The van der Waals surface area contributed by atoms with Crippen molar-refractivity contribution in [3.05, 3.63) is 12.2 Å². The molecule has 6 atom stereocenters. The molecule has 0 unspecified atom stereocenters. The van der Waals surface area contributed by atoms with E-state index in [2.05, 4.69) is 16.6 Å². The van der Waals surface area contributed by atoms with Crippen molar-refractivity contribution in [1.82, 2.24) is 0 Å². The van der Waals surface area contributed by atoms with E-state index >= 15 is 0 Å². The molecule has 1 saturated heterocycles. The SMILES string of the molecule is CC#CCC(C)(C)[C@H](O)/C=C/[C@@H]1[C@H]2C[C@H](CCCCC(=O)OC)O[C@H]2C[C@H]1OC(C)=O. The molecule has 31 heavy (non-hydrogen) atoms. The van der Waals surface area contributed by atoms with Crippen LogP contribution in [0.1, 0.15) is 72.6 Å². The molecular formula is C25H38O6. The molecule has 0 aromatic carbocycles. The van der Waals surface area contributed by atoms with Gasteiger partial charge in [0, 0.05) is 37.5 Å². The normalized spacial score (nSPS) is 28.6. The van der Waals surface area contributed by atoms with Gasteiger partial charge in [-0.05, 0) is 32.1 Å². The Bertz CT molecular complexity index is 701. The van der Waals surface area contributed by atoms with Crippen LogP contribution >= 0.6 is 0 Å². The zero-order chi connectivity index (χ0) is 23.0. The first-order valence-electron chi connectivity index (χ1n) is 11.3. The van der Waals surface area contributed by atoms with Crippen molar-refractivity contribution in [2.75, 3.05) is 7.11 Å². The van der Waals surface area contributed by atoms with Crippen molar-refractivity contribution in [3.8, 4) is 11.8 Å². The maximum absolute atomic E-state index is 11.6. The lowest BCUT2D eigenvalue weighted by atomic mass is 9.82. The van der Waals surface area contributed by atoms with Crippen LogP contribution in [0.5, 0.6) is 0 Å². The van der Waals surface area contributed by atoms with Gasteiger partial charge in [0.1, 0.15) is 6.10 Å². The van der Waals surface area contributed by atoms with E-state index in [0.717, 1.165) is 25.7 Å². The molecule has 2 rings (SSSR count). The molecule has 6 nitrogen and oxygen atoms in total. The van der Waals surface area contributed by atoms with E-state index in [-0.39, 0.29) is 47.5 Å². The predicted octanol–water partition coefficient (Wildman–Crippen LogP) is 3.80. The molecule has 174 valence electrons. The van der Waals surface area contributed by atoms with Gasteiger partial charge in [-0.3, -0.25) is 9.59 Å². The third kappa shape index (κ3) is 7.36. The van der Waals surface area contributed by atoms with Crippen molar-refractivity contribution in [2.24, 2.45) is 17.3 Å². The molecule has 0 radical (unpaired) electrons. The Balaban J connectivity index is 1.98. The van der Waals surface area contributed by atoms with Gasteiger partial charge in [-0.15, -0.1) is 11.8 Å². The standard InChI is InChI=1S/C25H38O6/c1-6-7-14-25(3,4)23(27)13-12-19-20-15-18(10-8-9-11-24(28)29-5)31-22(20)16-21(19)30-17(2)26/h12-13,18-23,27H,8-11,14-16H2,1-5H3/b13-12+/t18-,19+,20+,21+,22-,23+/m0/s1. The number of fused-ring (bicyclic) bond motifs is 1. The van der Waals surface area contributed by atoms with Gasteiger partial charge in [0.15, 0.2) is 0 Å². The van der Waals surface area contributed by atoms with Crippen molar-refractivity contribution in [2.45, 2.75) is 97.1 Å². The highest BCUT2D eigenvalue weighted by Crippen LogP contribution is 2.46. The quantitative estimate of drug-likeness (QED) is 0.244. The second kappa shape index (κ2) is 11.7. The van der Waals surface area contributed by atoms with Crippen molar-refractivity contribution in [3.63, 3.8) is 0 Å². The van der Waals surface area contributed by atoms with Gasteiger partial charge in [0.05, 0.1) is 25.4 Å². The largest absolute Gasteiger partial charge is 0.469 e. The fraction of sp³-hybridized carbons (Fsp3) is 0.760. The third-order valence-corrected chi connectivity index (χ3v) is 6.51. The van der Waals surface area contributed by atoms with Crippen LogP contribution < -0.4 is 0 Å². The van der Waals surface area contributed by atoms with Gasteiger partial charge < -0.3 is 19.3 Å². The summed E-state index contributed by atoms with van der Waals surface area (Å²) in [6.07, 6.45) is 8.45. The van der Waals surface area contributed by atoms with Gasteiger partial charge in [-0.1, -0.05) is 32.4 Å². The summed E-state index contributed by atoms with van der Waals surface area (Å²) in [7, 11) is 1.41. The lowest BCUT2D eigenvalue weighted by Crippen LogP contribution is -2.28. The highest BCUT2D eigenvalue weighted by molar-refractivity contribution is 5.69. The van der Waals surface area contributed by atoms with Crippen LogP contribution in [0, 0.1) is 29.1 Å². The molecule has 1 heterocycles. The average molecular weight is 435 g/mol. The number of carbonyl (C=O) groups is 2. The van der Waals surface area contributed by atoms with Gasteiger partial charge in [0.25, 0.3) is 0 Å². The van der Waals surface area contributed by atoms with Crippen LogP contribution in [-0.2, 0) is 23.8 Å². The number of methoxy groups -OCH3 is 1. The highest BCUT2D eigenvalue weighted by Gasteiger charge is 2.49. The summed E-state index contributed by atoms with van der Waals surface area (Å²) in [5.74, 6) is 5.75. The average Bonchev–Trinajstić information content (AvgIpc) is 3.24. The molecule has 0 aromatic heterocycles. The number of aliphatic hydroxyl groups is 1. The van der Waals surface area contributed by atoms with Crippen molar-refractivity contribution < 1.29 is 28.9 Å². The van der Waals surface area contributed by atoms with Gasteiger partial charge in [-0.25, -0.2) is 0 Å². The van der Waals surface area contributed by atoms with E-state index in [4.69, 9.17) is 9.47 Å². The van der Waals surface area contributed by atoms with Crippen LogP contribution in [0.15, 0.2) is 12.2 Å². The molecule has 6 heteroatoms. The molecule has 0 spiro atoms. The molecular weight excluding hydrogens is 396 g/mol. The van der Waals surface area contributed by atoms with Crippen LogP contribution in [-0.4, -0.2) is 48.6 Å². The first kappa shape index (κ1) is 25.4. The summed E-state index contributed by atoms with van der Waals surface area (Å²) in [4.78, 5) is 22.9. The molecule has 2 aliphatic rings. The fourth-order valence-electron chi connectivity index (χ4n) is 4.61. The summed E-state index contributed by atoms with van der Waals surface area (Å²) >= 11 is 0. The second-order valence-corrected chi connectivity index (χ2v) is 9.40. The Morgan fingerprint density at radius 1 is 1.29 bits per heavy atom. The van der Waals surface area contributed by atoms with E-state index in [1.54, 1.807) is 6.92 Å². The lowest BCUT2D eigenvalue weighted by molar-refractivity contribution is -0.148. The monoisotopic (exact) mass is 434 g/mol. The maximum atomic E-state index is 11.6.